The number of carbonyl (C=O) groups is 1. The van der Waals surface area contributed by atoms with E-state index >= 15 is 0 Å². The second kappa shape index (κ2) is 4.98. The third kappa shape index (κ3) is 2.26. The molecule has 0 unspecified atom stereocenters. The van der Waals surface area contributed by atoms with Crippen molar-refractivity contribution in [2.45, 2.75) is 6.92 Å². The first kappa shape index (κ1) is 12.7. The van der Waals surface area contributed by atoms with Gasteiger partial charge in [0.15, 0.2) is 0 Å². The minimum absolute atomic E-state index is 0.0973. The summed E-state index contributed by atoms with van der Waals surface area (Å²) in [6.07, 6.45) is 0. The van der Waals surface area contributed by atoms with Crippen LogP contribution in [0.3, 0.4) is 0 Å². The van der Waals surface area contributed by atoms with Crippen LogP contribution >= 0.6 is 11.3 Å². The van der Waals surface area contributed by atoms with Gasteiger partial charge < -0.3 is 11.1 Å². The van der Waals surface area contributed by atoms with E-state index in [1.165, 1.54) is 11.3 Å². The predicted octanol–water partition coefficient (Wildman–Crippen LogP) is 4.04. The molecule has 0 bridgehead atoms. The van der Waals surface area contributed by atoms with Crippen molar-refractivity contribution in [1.82, 2.24) is 0 Å². The van der Waals surface area contributed by atoms with Crippen LogP contribution in [-0.4, -0.2) is 5.91 Å². The highest BCUT2D eigenvalue weighted by molar-refractivity contribution is 7.20. The third-order valence-corrected chi connectivity index (χ3v) is 4.39. The molecule has 0 atom stereocenters. The number of amides is 1. The fourth-order valence-electron chi connectivity index (χ4n) is 2.07. The maximum atomic E-state index is 12.3. The van der Waals surface area contributed by atoms with Gasteiger partial charge in [0.2, 0.25) is 0 Å². The standard InChI is InChI=1S/C16H14N2OS/c1-10-12(17)6-4-7-13(10)18-16(19)15-9-11-5-2-3-8-14(11)20-15/h2-9H,17H2,1H3,(H,18,19). The van der Waals surface area contributed by atoms with Crippen molar-refractivity contribution < 1.29 is 4.79 Å². The summed E-state index contributed by atoms with van der Waals surface area (Å²) in [6, 6.07) is 15.4. The van der Waals surface area contributed by atoms with Crippen molar-refractivity contribution in [2.75, 3.05) is 11.1 Å². The topological polar surface area (TPSA) is 55.1 Å². The van der Waals surface area contributed by atoms with E-state index in [1.807, 2.05) is 55.5 Å². The lowest BCUT2D eigenvalue weighted by Gasteiger charge is -2.08. The number of nitrogens with two attached hydrogens (primary N) is 1. The van der Waals surface area contributed by atoms with Crippen molar-refractivity contribution in [3.63, 3.8) is 0 Å². The summed E-state index contributed by atoms with van der Waals surface area (Å²) in [7, 11) is 0. The number of benzene rings is 2. The number of nitrogens with one attached hydrogen (secondary N) is 1. The van der Waals surface area contributed by atoms with Crippen LogP contribution in [0.1, 0.15) is 15.2 Å². The summed E-state index contributed by atoms with van der Waals surface area (Å²) in [5.41, 5.74) is 8.18. The SMILES string of the molecule is Cc1c(N)cccc1NC(=O)c1cc2ccccc2s1. The predicted molar refractivity (Wildman–Crippen MR) is 85.4 cm³/mol. The molecule has 1 heterocycles. The van der Waals surface area contributed by atoms with Gasteiger partial charge in [-0.3, -0.25) is 4.79 Å². The van der Waals surface area contributed by atoms with E-state index in [0.717, 1.165) is 21.3 Å². The Morgan fingerprint density at radius 2 is 1.95 bits per heavy atom. The fraction of sp³-hybridized carbons (Fsp3) is 0.0625. The van der Waals surface area contributed by atoms with Crippen LogP contribution in [0.4, 0.5) is 11.4 Å². The van der Waals surface area contributed by atoms with E-state index in [1.54, 1.807) is 0 Å². The number of hydrogen-bond acceptors (Lipinski definition) is 3. The van der Waals surface area contributed by atoms with Crippen molar-refractivity contribution in [3.8, 4) is 0 Å². The Hall–Kier alpha value is -2.33. The number of anilines is 2. The van der Waals surface area contributed by atoms with Crippen LogP contribution in [0.15, 0.2) is 48.5 Å². The normalized spacial score (nSPS) is 10.7. The molecule has 3 N–H and O–H groups in total. The van der Waals surface area contributed by atoms with Crippen molar-refractivity contribution in [3.05, 3.63) is 59.0 Å². The molecule has 2 aromatic carbocycles. The molecular formula is C16H14N2OS. The molecule has 4 heteroatoms. The van der Waals surface area contributed by atoms with Gasteiger partial charge >= 0.3 is 0 Å². The van der Waals surface area contributed by atoms with Gasteiger partial charge in [0.25, 0.3) is 5.91 Å². The van der Waals surface area contributed by atoms with Gasteiger partial charge in [0.1, 0.15) is 0 Å². The van der Waals surface area contributed by atoms with E-state index < -0.39 is 0 Å². The second-order valence-corrected chi connectivity index (χ2v) is 5.71. The maximum absolute atomic E-state index is 12.3. The Balaban J connectivity index is 1.91. The Kier molecular flexibility index (Phi) is 3.16. The average Bonchev–Trinajstić information content (AvgIpc) is 2.88. The quantitative estimate of drug-likeness (QED) is 0.697. The van der Waals surface area contributed by atoms with E-state index in [-0.39, 0.29) is 5.91 Å². The second-order valence-electron chi connectivity index (χ2n) is 4.62. The van der Waals surface area contributed by atoms with Crippen molar-refractivity contribution in [2.24, 2.45) is 0 Å². The summed E-state index contributed by atoms with van der Waals surface area (Å²) in [5.74, 6) is -0.0973. The lowest BCUT2D eigenvalue weighted by molar-refractivity contribution is 0.103. The molecule has 0 saturated carbocycles. The monoisotopic (exact) mass is 282 g/mol. The van der Waals surface area contributed by atoms with Gasteiger partial charge in [-0.05, 0) is 42.1 Å². The molecule has 3 aromatic rings. The summed E-state index contributed by atoms with van der Waals surface area (Å²) in [5, 5.41) is 4.01. The molecule has 0 aliphatic rings. The summed E-state index contributed by atoms with van der Waals surface area (Å²) in [4.78, 5) is 13.0. The van der Waals surface area contributed by atoms with Gasteiger partial charge in [0, 0.05) is 16.1 Å². The third-order valence-electron chi connectivity index (χ3n) is 3.27. The molecule has 1 amide bonds. The Morgan fingerprint density at radius 1 is 1.15 bits per heavy atom. The number of nitrogen functional groups attached to an aromatic ring is 1. The van der Waals surface area contributed by atoms with Gasteiger partial charge in [-0.25, -0.2) is 0 Å². The molecule has 3 rings (SSSR count). The molecule has 20 heavy (non-hydrogen) atoms. The summed E-state index contributed by atoms with van der Waals surface area (Å²) < 4.78 is 1.11. The molecule has 0 fully saturated rings. The van der Waals surface area contributed by atoms with Crippen LogP contribution < -0.4 is 11.1 Å². The molecule has 100 valence electrons. The van der Waals surface area contributed by atoms with E-state index in [9.17, 15) is 4.79 Å². The summed E-state index contributed by atoms with van der Waals surface area (Å²) in [6.45, 7) is 1.90. The number of carbonyl (C=O) groups excluding carboxylic acids is 1. The number of fused-ring (bicyclic) bond motifs is 1. The van der Waals surface area contributed by atoms with Crippen LogP contribution in [0.25, 0.3) is 10.1 Å². The van der Waals surface area contributed by atoms with E-state index in [2.05, 4.69) is 5.32 Å². The van der Waals surface area contributed by atoms with Crippen LogP contribution in [0, 0.1) is 6.92 Å². The Labute approximate surface area is 121 Å². The van der Waals surface area contributed by atoms with Gasteiger partial charge in [-0.2, -0.15) is 0 Å². The van der Waals surface area contributed by atoms with Crippen LogP contribution in [-0.2, 0) is 0 Å². The first-order valence-electron chi connectivity index (χ1n) is 6.30. The largest absolute Gasteiger partial charge is 0.398 e. The number of thiophene rings is 1. The highest BCUT2D eigenvalue weighted by atomic mass is 32.1. The Morgan fingerprint density at radius 3 is 2.75 bits per heavy atom. The maximum Gasteiger partial charge on any atom is 0.265 e. The number of hydrogen-bond donors (Lipinski definition) is 2. The molecule has 1 aromatic heterocycles. The highest BCUT2D eigenvalue weighted by Gasteiger charge is 2.11. The molecule has 0 aliphatic carbocycles. The molecule has 0 aliphatic heterocycles. The fourth-order valence-corrected chi connectivity index (χ4v) is 3.02. The van der Waals surface area contributed by atoms with E-state index in [4.69, 9.17) is 5.73 Å². The minimum Gasteiger partial charge on any atom is -0.398 e. The molecule has 0 radical (unpaired) electrons. The molecule has 0 spiro atoms. The minimum atomic E-state index is -0.0973. The van der Waals surface area contributed by atoms with Crippen LogP contribution in [0.5, 0.6) is 0 Å². The molecule has 3 nitrogen and oxygen atoms in total. The zero-order valence-corrected chi connectivity index (χ0v) is 11.8. The molecular weight excluding hydrogens is 268 g/mol. The smallest absolute Gasteiger partial charge is 0.265 e. The van der Waals surface area contributed by atoms with Gasteiger partial charge in [-0.1, -0.05) is 24.3 Å². The number of rotatable bonds is 2. The molecule has 0 saturated heterocycles. The first-order valence-corrected chi connectivity index (χ1v) is 7.12. The zero-order valence-electron chi connectivity index (χ0n) is 11.0. The first-order chi connectivity index (χ1) is 9.65. The van der Waals surface area contributed by atoms with E-state index in [0.29, 0.717) is 10.6 Å². The lowest BCUT2D eigenvalue weighted by atomic mass is 10.1. The lowest BCUT2D eigenvalue weighted by Crippen LogP contribution is -2.11. The average molecular weight is 282 g/mol. The van der Waals surface area contributed by atoms with Crippen LogP contribution in [0.2, 0.25) is 0 Å². The van der Waals surface area contributed by atoms with Crippen molar-refractivity contribution in [1.29, 1.82) is 0 Å². The Bertz CT molecular complexity index is 759. The van der Waals surface area contributed by atoms with Crippen molar-refractivity contribution >= 4 is 38.7 Å². The zero-order chi connectivity index (χ0) is 14.1. The van der Waals surface area contributed by atoms with Gasteiger partial charge in [-0.15, -0.1) is 11.3 Å². The summed E-state index contributed by atoms with van der Waals surface area (Å²) >= 11 is 1.49. The van der Waals surface area contributed by atoms with Gasteiger partial charge in [0.05, 0.1) is 4.88 Å². The highest BCUT2D eigenvalue weighted by Crippen LogP contribution is 2.27.